The van der Waals surface area contributed by atoms with Crippen LogP contribution in [-0.2, 0) is 6.54 Å². The summed E-state index contributed by atoms with van der Waals surface area (Å²) < 4.78 is 2.43. The molecule has 96 valence electrons. The zero-order chi connectivity index (χ0) is 12.5. The van der Waals surface area contributed by atoms with E-state index in [0.717, 1.165) is 12.6 Å². The first-order valence-electron chi connectivity index (χ1n) is 7.11. The quantitative estimate of drug-likeness (QED) is 0.842. The molecule has 1 aromatic heterocycles. The van der Waals surface area contributed by atoms with E-state index in [1.165, 1.54) is 35.7 Å². The molecule has 0 radical (unpaired) electrons. The van der Waals surface area contributed by atoms with Gasteiger partial charge in [-0.25, -0.2) is 0 Å². The molecule has 0 saturated heterocycles. The van der Waals surface area contributed by atoms with Gasteiger partial charge in [0.05, 0.1) is 5.52 Å². The van der Waals surface area contributed by atoms with Gasteiger partial charge in [0.25, 0.3) is 0 Å². The number of benzene rings is 1. The van der Waals surface area contributed by atoms with Gasteiger partial charge in [0, 0.05) is 24.8 Å². The SMILES string of the molecule is CCC(C)n1ccc2cccc(CNC3CC3)c21. The highest BCUT2D eigenvalue weighted by atomic mass is 15.0. The lowest BCUT2D eigenvalue weighted by Crippen LogP contribution is -2.16. The van der Waals surface area contributed by atoms with Crippen molar-refractivity contribution in [3.8, 4) is 0 Å². The topological polar surface area (TPSA) is 17.0 Å². The fraction of sp³-hybridized carbons (Fsp3) is 0.500. The van der Waals surface area contributed by atoms with Crippen LogP contribution in [0.15, 0.2) is 30.5 Å². The van der Waals surface area contributed by atoms with E-state index in [1.807, 2.05) is 0 Å². The predicted octanol–water partition coefficient (Wildman–Crippen LogP) is 3.86. The third kappa shape index (κ3) is 2.17. The summed E-state index contributed by atoms with van der Waals surface area (Å²) in [6.07, 6.45) is 6.11. The van der Waals surface area contributed by atoms with Crippen LogP contribution in [0, 0.1) is 0 Å². The second-order valence-corrected chi connectivity index (χ2v) is 5.49. The Balaban J connectivity index is 1.97. The van der Waals surface area contributed by atoms with Crippen LogP contribution in [0.3, 0.4) is 0 Å². The summed E-state index contributed by atoms with van der Waals surface area (Å²) in [5.41, 5.74) is 2.85. The van der Waals surface area contributed by atoms with Crippen LogP contribution in [0.4, 0.5) is 0 Å². The van der Waals surface area contributed by atoms with E-state index < -0.39 is 0 Å². The smallest absolute Gasteiger partial charge is 0.0528 e. The number of rotatable bonds is 5. The minimum absolute atomic E-state index is 0.574. The molecule has 1 aliphatic rings. The molecule has 18 heavy (non-hydrogen) atoms. The standard InChI is InChI=1S/C16H22N2/c1-3-12(2)18-10-9-13-5-4-6-14(16(13)18)11-17-15-7-8-15/h4-6,9-10,12,15,17H,3,7-8,11H2,1-2H3. The van der Waals surface area contributed by atoms with Crippen molar-refractivity contribution in [1.82, 2.24) is 9.88 Å². The number of nitrogens with one attached hydrogen (secondary N) is 1. The average molecular weight is 242 g/mol. The monoisotopic (exact) mass is 242 g/mol. The van der Waals surface area contributed by atoms with Crippen molar-refractivity contribution in [3.05, 3.63) is 36.0 Å². The normalized spacial score (nSPS) is 17.2. The van der Waals surface area contributed by atoms with Crippen LogP contribution in [0.5, 0.6) is 0 Å². The van der Waals surface area contributed by atoms with Crippen LogP contribution in [0.1, 0.15) is 44.7 Å². The van der Waals surface area contributed by atoms with Crippen molar-refractivity contribution in [1.29, 1.82) is 0 Å². The van der Waals surface area contributed by atoms with Gasteiger partial charge < -0.3 is 9.88 Å². The highest BCUT2D eigenvalue weighted by molar-refractivity contribution is 5.83. The number of fused-ring (bicyclic) bond motifs is 1. The van der Waals surface area contributed by atoms with Crippen molar-refractivity contribution in [3.63, 3.8) is 0 Å². The maximum absolute atomic E-state index is 3.63. The summed E-state index contributed by atoms with van der Waals surface area (Å²) in [5.74, 6) is 0. The summed E-state index contributed by atoms with van der Waals surface area (Å²) in [5, 5.41) is 4.99. The van der Waals surface area contributed by atoms with Gasteiger partial charge in [-0.15, -0.1) is 0 Å². The number of para-hydroxylation sites is 1. The van der Waals surface area contributed by atoms with Crippen molar-refractivity contribution in [2.24, 2.45) is 0 Å². The molecule has 2 heteroatoms. The largest absolute Gasteiger partial charge is 0.344 e. The van der Waals surface area contributed by atoms with Crippen LogP contribution in [0.2, 0.25) is 0 Å². The van der Waals surface area contributed by atoms with Crippen molar-refractivity contribution in [2.45, 2.75) is 51.7 Å². The van der Waals surface area contributed by atoms with E-state index in [9.17, 15) is 0 Å². The van der Waals surface area contributed by atoms with Crippen molar-refractivity contribution >= 4 is 10.9 Å². The first-order valence-corrected chi connectivity index (χ1v) is 7.11. The first kappa shape index (κ1) is 11.8. The second-order valence-electron chi connectivity index (χ2n) is 5.49. The van der Waals surface area contributed by atoms with Gasteiger partial charge in [0.15, 0.2) is 0 Å². The summed E-state index contributed by atoms with van der Waals surface area (Å²) in [4.78, 5) is 0. The Labute approximate surface area is 109 Å². The Morgan fingerprint density at radius 1 is 1.33 bits per heavy atom. The van der Waals surface area contributed by atoms with E-state index in [2.05, 4.69) is 54.2 Å². The molecule has 1 fully saturated rings. The minimum Gasteiger partial charge on any atom is -0.344 e. The van der Waals surface area contributed by atoms with Crippen molar-refractivity contribution < 1.29 is 0 Å². The number of aromatic nitrogens is 1. The zero-order valence-electron chi connectivity index (χ0n) is 11.3. The van der Waals surface area contributed by atoms with Gasteiger partial charge in [0.1, 0.15) is 0 Å². The molecule has 1 heterocycles. The van der Waals surface area contributed by atoms with Gasteiger partial charge in [-0.1, -0.05) is 25.1 Å². The minimum atomic E-state index is 0.574. The van der Waals surface area contributed by atoms with Crippen LogP contribution in [0.25, 0.3) is 10.9 Å². The summed E-state index contributed by atoms with van der Waals surface area (Å²) >= 11 is 0. The first-order chi connectivity index (χ1) is 8.79. The molecule has 1 N–H and O–H groups in total. The molecule has 1 aromatic carbocycles. The van der Waals surface area contributed by atoms with Gasteiger partial charge in [0.2, 0.25) is 0 Å². The summed E-state index contributed by atoms with van der Waals surface area (Å²) in [6.45, 7) is 5.55. The predicted molar refractivity (Wildman–Crippen MR) is 76.8 cm³/mol. The molecule has 2 aromatic rings. The highest BCUT2D eigenvalue weighted by Crippen LogP contribution is 2.26. The Morgan fingerprint density at radius 2 is 2.17 bits per heavy atom. The zero-order valence-corrected chi connectivity index (χ0v) is 11.3. The Morgan fingerprint density at radius 3 is 2.89 bits per heavy atom. The van der Waals surface area contributed by atoms with Gasteiger partial charge >= 0.3 is 0 Å². The van der Waals surface area contributed by atoms with E-state index in [0.29, 0.717) is 6.04 Å². The molecule has 1 atom stereocenters. The molecule has 1 unspecified atom stereocenters. The van der Waals surface area contributed by atoms with Crippen LogP contribution in [-0.4, -0.2) is 10.6 Å². The third-order valence-electron chi connectivity index (χ3n) is 4.05. The maximum Gasteiger partial charge on any atom is 0.0528 e. The second kappa shape index (κ2) is 4.77. The van der Waals surface area contributed by atoms with Gasteiger partial charge in [-0.05, 0) is 43.2 Å². The van der Waals surface area contributed by atoms with E-state index in [1.54, 1.807) is 0 Å². The van der Waals surface area contributed by atoms with E-state index in [-0.39, 0.29) is 0 Å². The number of hydrogen-bond donors (Lipinski definition) is 1. The number of nitrogens with zero attached hydrogens (tertiary/aromatic N) is 1. The average Bonchev–Trinajstić information content (AvgIpc) is 3.13. The molecule has 0 bridgehead atoms. The molecular weight excluding hydrogens is 220 g/mol. The van der Waals surface area contributed by atoms with Crippen LogP contribution < -0.4 is 5.32 Å². The molecular formula is C16H22N2. The Hall–Kier alpha value is -1.28. The van der Waals surface area contributed by atoms with Gasteiger partial charge in [-0.2, -0.15) is 0 Å². The lowest BCUT2D eigenvalue weighted by atomic mass is 10.1. The fourth-order valence-electron chi connectivity index (χ4n) is 2.54. The third-order valence-corrected chi connectivity index (χ3v) is 4.05. The highest BCUT2D eigenvalue weighted by Gasteiger charge is 2.20. The molecule has 1 saturated carbocycles. The molecule has 1 aliphatic carbocycles. The molecule has 2 nitrogen and oxygen atoms in total. The molecule has 0 aliphatic heterocycles. The van der Waals surface area contributed by atoms with Gasteiger partial charge in [-0.3, -0.25) is 0 Å². The van der Waals surface area contributed by atoms with Crippen molar-refractivity contribution in [2.75, 3.05) is 0 Å². The summed E-state index contributed by atoms with van der Waals surface area (Å²) in [7, 11) is 0. The molecule has 0 amide bonds. The summed E-state index contributed by atoms with van der Waals surface area (Å²) in [6, 6.07) is 10.2. The molecule has 3 rings (SSSR count). The van der Waals surface area contributed by atoms with E-state index >= 15 is 0 Å². The Kier molecular flexibility index (Phi) is 3.13. The fourth-order valence-corrected chi connectivity index (χ4v) is 2.54. The lowest BCUT2D eigenvalue weighted by Gasteiger charge is -2.15. The lowest BCUT2D eigenvalue weighted by molar-refractivity contribution is 0.546. The van der Waals surface area contributed by atoms with E-state index in [4.69, 9.17) is 0 Å². The number of hydrogen-bond acceptors (Lipinski definition) is 1. The maximum atomic E-state index is 3.63. The Bertz CT molecular complexity index is 537. The van der Waals surface area contributed by atoms with Crippen LogP contribution >= 0.6 is 0 Å². The molecule has 0 spiro atoms.